The Hall–Kier alpha value is -1.68. The van der Waals surface area contributed by atoms with E-state index in [9.17, 15) is 22.8 Å². The molecule has 3 atom stereocenters. The second-order valence-electron chi connectivity index (χ2n) is 4.45. The van der Waals surface area contributed by atoms with Crippen LogP contribution in [-0.2, 0) is 24.2 Å². The van der Waals surface area contributed by atoms with E-state index in [2.05, 4.69) is 10.6 Å². The van der Waals surface area contributed by atoms with Crippen molar-refractivity contribution >= 4 is 27.6 Å². The Morgan fingerprint density at radius 2 is 1.70 bits per heavy atom. The molecular formula is C10H19N3O6S. The minimum Gasteiger partial charge on any atom is -0.480 e. The number of nitrogens with one attached hydrogen (secondary N) is 2. The van der Waals surface area contributed by atoms with Gasteiger partial charge in [0.2, 0.25) is 11.8 Å². The highest BCUT2D eigenvalue weighted by Crippen LogP contribution is 2.05. The molecule has 0 rings (SSSR count). The molecule has 10 heteroatoms. The lowest BCUT2D eigenvalue weighted by Gasteiger charge is -2.18. The van der Waals surface area contributed by atoms with Crippen LogP contribution in [-0.4, -0.2) is 55.0 Å². The monoisotopic (exact) mass is 309 g/mol. The summed E-state index contributed by atoms with van der Waals surface area (Å²) in [5.41, 5.74) is 5.31. The number of hydrogen-bond donors (Lipinski definition) is 4. The highest BCUT2D eigenvalue weighted by Gasteiger charge is 2.31. The minimum absolute atomic E-state index is 0.504. The molecule has 0 spiro atoms. The predicted octanol–water partition coefficient (Wildman–Crippen LogP) is -2.20. The van der Waals surface area contributed by atoms with Gasteiger partial charge in [0.15, 0.2) is 15.1 Å². The highest BCUT2D eigenvalue weighted by molar-refractivity contribution is 7.92. The summed E-state index contributed by atoms with van der Waals surface area (Å²) >= 11 is 0. The summed E-state index contributed by atoms with van der Waals surface area (Å²) in [4.78, 5) is 33.6. The van der Waals surface area contributed by atoms with Crippen LogP contribution < -0.4 is 16.4 Å². The van der Waals surface area contributed by atoms with E-state index in [1.54, 1.807) is 0 Å². The van der Waals surface area contributed by atoms with E-state index in [4.69, 9.17) is 10.8 Å². The molecule has 0 aliphatic carbocycles. The largest absolute Gasteiger partial charge is 0.480 e. The average molecular weight is 309 g/mol. The van der Waals surface area contributed by atoms with E-state index >= 15 is 0 Å². The van der Waals surface area contributed by atoms with Gasteiger partial charge in [0, 0.05) is 6.26 Å². The molecule has 0 bridgehead atoms. The van der Waals surface area contributed by atoms with Crippen molar-refractivity contribution in [1.29, 1.82) is 0 Å². The maximum atomic E-state index is 11.5. The Bertz CT molecular complexity index is 487. The number of nitrogens with two attached hydrogens (primary N) is 1. The number of carboxylic acid groups (broad SMARTS) is 1. The maximum Gasteiger partial charge on any atom is 0.322 e. The van der Waals surface area contributed by atoms with Crippen molar-refractivity contribution in [1.82, 2.24) is 10.6 Å². The maximum absolute atomic E-state index is 11.5. The molecule has 9 nitrogen and oxygen atoms in total. The van der Waals surface area contributed by atoms with E-state index < -0.39 is 51.5 Å². The molecule has 0 aromatic carbocycles. The predicted molar refractivity (Wildman–Crippen MR) is 70.3 cm³/mol. The van der Waals surface area contributed by atoms with Gasteiger partial charge in [-0.15, -0.1) is 0 Å². The lowest BCUT2D eigenvalue weighted by Crippen LogP contribution is -2.51. The van der Waals surface area contributed by atoms with Crippen molar-refractivity contribution in [2.75, 3.05) is 6.26 Å². The Labute approximate surface area is 116 Å². The van der Waals surface area contributed by atoms with Crippen molar-refractivity contribution in [2.24, 2.45) is 5.73 Å². The Kier molecular flexibility index (Phi) is 6.59. The van der Waals surface area contributed by atoms with Gasteiger partial charge in [-0.2, -0.15) is 0 Å². The van der Waals surface area contributed by atoms with Crippen molar-refractivity contribution < 1.29 is 27.9 Å². The fourth-order valence-corrected chi connectivity index (χ4v) is 2.09. The third-order valence-corrected chi connectivity index (χ3v) is 3.71. The van der Waals surface area contributed by atoms with Gasteiger partial charge >= 0.3 is 5.97 Å². The number of aliphatic carboxylic acids is 1. The van der Waals surface area contributed by atoms with Gasteiger partial charge in [-0.1, -0.05) is 0 Å². The van der Waals surface area contributed by atoms with Crippen LogP contribution in [0.5, 0.6) is 0 Å². The zero-order valence-electron chi connectivity index (χ0n) is 11.4. The van der Waals surface area contributed by atoms with Gasteiger partial charge in [-0.05, 0) is 13.8 Å². The zero-order chi connectivity index (χ0) is 16.1. The average Bonchev–Trinajstić information content (AvgIpc) is 2.23. The fourth-order valence-electron chi connectivity index (χ4n) is 1.27. The molecular weight excluding hydrogens is 290 g/mol. The molecule has 116 valence electrons. The Morgan fingerprint density at radius 1 is 1.20 bits per heavy atom. The van der Waals surface area contributed by atoms with E-state index in [1.165, 1.54) is 13.8 Å². The molecule has 0 aromatic rings. The van der Waals surface area contributed by atoms with Crippen LogP contribution >= 0.6 is 0 Å². The van der Waals surface area contributed by atoms with E-state index in [0.29, 0.717) is 0 Å². The first-order chi connectivity index (χ1) is 8.95. The molecule has 0 radical (unpaired) electrons. The van der Waals surface area contributed by atoms with Crippen LogP contribution in [0.3, 0.4) is 0 Å². The van der Waals surface area contributed by atoms with Crippen LogP contribution in [0.2, 0.25) is 0 Å². The summed E-state index contributed by atoms with van der Waals surface area (Å²) in [5, 5.41) is 11.6. The lowest BCUT2D eigenvalue weighted by molar-refractivity contribution is -0.138. The molecule has 0 heterocycles. The third kappa shape index (κ3) is 6.48. The smallest absolute Gasteiger partial charge is 0.322 e. The first-order valence-corrected chi connectivity index (χ1v) is 7.67. The number of carbonyl (C=O) groups is 3. The van der Waals surface area contributed by atoms with E-state index in [-0.39, 0.29) is 0 Å². The van der Waals surface area contributed by atoms with Gasteiger partial charge in [0.25, 0.3) is 0 Å². The Morgan fingerprint density at radius 3 is 2.05 bits per heavy atom. The minimum atomic E-state index is -3.90. The van der Waals surface area contributed by atoms with Gasteiger partial charge in [-0.25, -0.2) is 8.42 Å². The highest BCUT2D eigenvalue weighted by atomic mass is 32.2. The van der Waals surface area contributed by atoms with E-state index in [1.807, 2.05) is 0 Å². The summed E-state index contributed by atoms with van der Waals surface area (Å²) < 4.78 is 22.4. The lowest BCUT2D eigenvalue weighted by atomic mass is 10.3. The summed E-state index contributed by atoms with van der Waals surface area (Å²) in [7, 11) is -3.90. The molecule has 0 aliphatic rings. The first kappa shape index (κ1) is 18.3. The zero-order valence-corrected chi connectivity index (χ0v) is 12.2. The second kappa shape index (κ2) is 7.20. The van der Waals surface area contributed by atoms with Crippen molar-refractivity contribution in [3.05, 3.63) is 0 Å². The van der Waals surface area contributed by atoms with Crippen molar-refractivity contribution in [3.63, 3.8) is 0 Å². The third-order valence-electron chi connectivity index (χ3n) is 2.31. The number of carbonyl (C=O) groups excluding carboxylic acids is 2. The topological polar surface area (TPSA) is 156 Å². The number of amides is 2. The number of rotatable bonds is 7. The summed E-state index contributed by atoms with van der Waals surface area (Å²) in [6.07, 6.45) is -0.789. The molecule has 1 unspecified atom stereocenters. The number of hydrogen-bond acceptors (Lipinski definition) is 6. The molecule has 0 saturated carbocycles. The summed E-state index contributed by atoms with van der Waals surface area (Å²) in [6.45, 7) is 2.89. The molecule has 20 heavy (non-hydrogen) atoms. The molecule has 0 saturated heterocycles. The number of carboxylic acids is 1. The first-order valence-electron chi connectivity index (χ1n) is 5.72. The summed E-state index contributed by atoms with van der Waals surface area (Å²) in [6, 6.07) is -0.767. The molecule has 0 fully saturated rings. The van der Waals surface area contributed by atoms with Crippen molar-refractivity contribution in [2.45, 2.75) is 37.7 Å². The summed E-state index contributed by atoms with van der Waals surface area (Å²) in [5.74, 6) is -2.91. The van der Waals surface area contributed by atoms with Gasteiger partial charge in [0.1, 0.15) is 0 Å². The van der Waals surface area contributed by atoms with Crippen LogP contribution in [0.4, 0.5) is 0 Å². The van der Waals surface area contributed by atoms with Gasteiger partial charge in [-0.3, -0.25) is 14.4 Å². The van der Waals surface area contributed by atoms with E-state index in [0.717, 1.165) is 6.26 Å². The van der Waals surface area contributed by atoms with Crippen LogP contribution in [0.1, 0.15) is 20.3 Å². The Balaban J connectivity index is 4.56. The van der Waals surface area contributed by atoms with Gasteiger partial charge < -0.3 is 21.5 Å². The van der Waals surface area contributed by atoms with Crippen LogP contribution in [0.15, 0.2) is 0 Å². The van der Waals surface area contributed by atoms with Crippen LogP contribution in [0, 0.1) is 0 Å². The number of sulfone groups is 1. The molecule has 0 aromatic heterocycles. The molecule has 2 amide bonds. The second-order valence-corrected chi connectivity index (χ2v) is 6.68. The SMILES string of the molecule is C[C@H](NC(=O)CC(C(=O)O)S(C)(=O)=O)NC(=O)[C@H](C)N. The van der Waals surface area contributed by atoms with Gasteiger partial charge in [0.05, 0.1) is 18.6 Å². The van der Waals surface area contributed by atoms with Crippen LogP contribution in [0.25, 0.3) is 0 Å². The molecule has 0 aliphatic heterocycles. The van der Waals surface area contributed by atoms with Crippen molar-refractivity contribution in [3.8, 4) is 0 Å². The fraction of sp³-hybridized carbons (Fsp3) is 0.700. The molecule has 5 N–H and O–H groups in total. The standard InChI is InChI=1S/C10H19N3O6S/c1-5(11)9(15)13-6(2)12-8(14)4-7(10(16)17)20(3,18)19/h5-7H,4,11H2,1-3H3,(H,12,14)(H,13,15)(H,16,17)/t5-,6+,7?/m0/s1. The quantitative estimate of drug-likeness (QED) is 0.389. The normalized spacial score (nSPS) is 15.8.